The Bertz CT molecular complexity index is 1550. The summed E-state index contributed by atoms with van der Waals surface area (Å²) >= 11 is 14.1. The van der Waals surface area contributed by atoms with Crippen LogP contribution < -0.4 is 14.4 Å². The predicted molar refractivity (Wildman–Crippen MR) is 177 cm³/mol. The van der Waals surface area contributed by atoms with Crippen molar-refractivity contribution in [3.63, 3.8) is 0 Å². The highest BCUT2D eigenvalue weighted by atomic mass is 35.5. The summed E-state index contributed by atoms with van der Waals surface area (Å²) in [5.74, 6) is -0.304. The van der Waals surface area contributed by atoms with E-state index in [4.69, 9.17) is 27.9 Å². The van der Waals surface area contributed by atoms with Gasteiger partial charge in [0.25, 0.3) is 10.0 Å². The van der Waals surface area contributed by atoms with Crippen molar-refractivity contribution in [2.75, 3.05) is 23.7 Å². The van der Waals surface area contributed by atoms with E-state index in [1.54, 1.807) is 61.5 Å². The molecule has 0 saturated heterocycles. The fraction of sp³-hybridized carbons (Fsp3) is 0.375. The molecule has 0 spiro atoms. The number of halogens is 2. The van der Waals surface area contributed by atoms with Crippen molar-refractivity contribution in [2.45, 2.75) is 68.0 Å². The van der Waals surface area contributed by atoms with E-state index in [1.807, 2.05) is 13.2 Å². The Morgan fingerprint density at radius 2 is 1.68 bits per heavy atom. The Kier molecular flexibility index (Phi) is 11.9. The van der Waals surface area contributed by atoms with Crippen LogP contribution in [0.25, 0.3) is 0 Å². The zero-order chi connectivity index (χ0) is 31.9. The molecule has 3 aromatic rings. The monoisotopic (exact) mass is 677 g/mol. The molecule has 1 aliphatic rings. The lowest BCUT2D eigenvalue weighted by Crippen LogP contribution is -2.52. The number of nitrogens with zero attached hydrogens (tertiary/aromatic N) is 2. The molecule has 3 aromatic carbocycles. The van der Waals surface area contributed by atoms with E-state index in [-0.39, 0.29) is 29.1 Å². The summed E-state index contributed by atoms with van der Waals surface area (Å²) < 4.78 is 34.8. The summed E-state index contributed by atoms with van der Waals surface area (Å²) in [6.45, 7) is 3.38. The minimum Gasteiger partial charge on any atom is -0.494 e. The van der Waals surface area contributed by atoms with Gasteiger partial charge < -0.3 is 15.0 Å². The van der Waals surface area contributed by atoms with Crippen LogP contribution in [0.3, 0.4) is 0 Å². The van der Waals surface area contributed by atoms with Crippen LogP contribution in [0.2, 0.25) is 10.0 Å². The Hall–Kier alpha value is -2.92. The molecule has 0 aromatic heterocycles. The number of thioether (sulfide) groups is 1. The van der Waals surface area contributed by atoms with Crippen molar-refractivity contribution in [1.29, 1.82) is 0 Å². The number of carbonyl (C=O) groups excluding carboxylic acids is 2. The molecule has 8 nitrogen and oxygen atoms in total. The van der Waals surface area contributed by atoms with E-state index in [2.05, 4.69) is 5.32 Å². The minimum absolute atomic E-state index is 0.0202. The van der Waals surface area contributed by atoms with Gasteiger partial charge in [0.05, 0.1) is 17.2 Å². The quantitative estimate of drug-likeness (QED) is 0.200. The summed E-state index contributed by atoms with van der Waals surface area (Å²) in [7, 11) is -4.19. The first kappa shape index (κ1) is 34.0. The number of ether oxygens (including phenoxy) is 1. The third-order valence-corrected chi connectivity index (χ3v) is 10.7. The van der Waals surface area contributed by atoms with Gasteiger partial charge >= 0.3 is 0 Å². The van der Waals surface area contributed by atoms with Crippen molar-refractivity contribution in [2.24, 2.45) is 0 Å². The molecule has 12 heteroatoms. The number of carbonyl (C=O) groups is 2. The third kappa shape index (κ3) is 8.41. The van der Waals surface area contributed by atoms with Gasteiger partial charge in [0.15, 0.2) is 0 Å². The second-order valence-corrected chi connectivity index (χ2v) is 14.1. The maximum Gasteiger partial charge on any atom is 0.264 e. The molecule has 1 atom stereocenters. The van der Waals surface area contributed by atoms with Gasteiger partial charge in [-0.15, -0.1) is 11.8 Å². The van der Waals surface area contributed by atoms with E-state index in [0.29, 0.717) is 28.0 Å². The molecule has 0 heterocycles. The lowest BCUT2D eigenvalue weighted by Gasteiger charge is -2.32. The van der Waals surface area contributed by atoms with Crippen molar-refractivity contribution >= 4 is 62.5 Å². The van der Waals surface area contributed by atoms with Crippen molar-refractivity contribution in [3.8, 4) is 5.75 Å². The zero-order valence-corrected chi connectivity index (χ0v) is 28.1. The van der Waals surface area contributed by atoms with E-state index in [0.717, 1.165) is 34.9 Å². The smallest absolute Gasteiger partial charge is 0.264 e. The highest BCUT2D eigenvalue weighted by molar-refractivity contribution is 7.98. The number of amides is 2. The fourth-order valence-electron chi connectivity index (χ4n) is 5.09. The Morgan fingerprint density at radius 1 is 1.02 bits per heavy atom. The van der Waals surface area contributed by atoms with Crippen LogP contribution in [0.5, 0.6) is 5.75 Å². The number of anilines is 1. The van der Waals surface area contributed by atoms with Crippen LogP contribution >= 0.6 is 35.0 Å². The van der Waals surface area contributed by atoms with Crippen molar-refractivity contribution in [1.82, 2.24) is 10.2 Å². The molecular formula is C32H37Cl2N3O5S2. The number of benzene rings is 3. The third-order valence-electron chi connectivity index (χ3n) is 7.59. The first-order chi connectivity index (χ1) is 21.0. The van der Waals surface area contributed by atoms with Crippen LogP contribution in [-0.2, 0) is 26.2 Å². The number of rotatable bonds is 13. The van der Waals surface area contributed by atoms with E-state index in [1.165, 1.54) is 28.8 Å². The van der Waals surface area contributed by atoms with Crippen LogP contribution in [0, 0.1) is 0 Å². The normalized spacial score (nSPS) is 14.2. The lowest BCUT2D eigenvalue weighted by molar-refractivity contribution is -0.139. The van der Waals surface area contributed by atoms with Gasteiger partial charge in [0, 0.05) is 27.5 Å². The molecule has 1 aliphatic carbocycles. The number of hydrogen-bond acceptors (Lipinski definition) is 6. The summed E-state index contributed by atoms with van der Waals surface area (Å²) in [6, 6.07) is 17.1. The largest absolute Gasteiger partial charge is 0.494 e. The van der Waals surface area contributed by atoms with E-state index >= 15 is 0 Å². The summed E-state index contributed by atoms with van der Waals surface area (Å²) in [5, 5.41) is 3.83. The summed E-state index contributed by atoms with van der Waals surface area (Å²) in [5.41, 5.74) is 0.858. The average Bonchev–Trinajstić information content (AvgIpc) is 3.52. The Morgan fingerprint density at radius 3 is 2.27 bits per heavy atom. The molecule has 1 saturated carbocycles. The second-order valence-electron chi connectivity index (χ2n) is 10.5. The molecule has 0 unspecified atom stereocenters. The standard InChI is InChI=1S/C32H37Cl2N3O5S2/c1-4-42-27-13-11-26(12-14-27)37(44(40,41)29-17-15-28(43-3)16-18-29)21-31(38)36(20-23-9-10-24(33)19-30(23)34)22(2)32(39)35-25-7-5-6-8-25/h9-19,22,25H,4-8,20-21H2,1-3H3,(H,35,39)/t22-/m0/s1. The SMILES string of the molecule is CCOc1ccc(N(CC(=O)N(Cc2ccc(Cl)cc2Cl)[C@@H](C)C(=O)NC2CCCC2)S(=O)(=O)c2ccc(SC)cc2)cc1. The molecule has 1 fully saturated rings. The molecule has 44 heavy (non-hydrogen) atoms. The summed E-state index contributed by atoms with van der Waals surface area (Å²) in [4.78, 5) is 29.9. The lowest BCUT2D eigenvalue weighted by atomic mass is 10.1. The van der Waals surface area contributed by atoms with Gasteiger partial charge in [-0.3, -0.25) is 13.9 Å². The van der Waals surface area contributed by atoms with Gasteiger partial charge in [-0.1, -0.05) is 42.1 Å². The molecule has 4 rings (SSSR count). The second kappa shape index (κ2) is 15.4. The van der Waals surface area contributed by atoms with Gasteiger partial charge in [0.2, 0.25) is 11.8 Å². The van der Waals surface area contributed by atoms with Gasteiger partial charge in [0.1, 0.15) is 18.3 Å². The number of sulfonamides is 1. The van der Waals surface area contributed by atoms with Crippen LogP contribution in [0.15, 0.2) is 76.5 Å². The zero-order valence-electron chi connectivity index (χ0n) is 25.0. The first-order valence-corrected chi connectivity index (χ1v) is 17.9. The maximum absolute atomic E-state index is 14.2. The van der Waals surface area contributed by atoms with Crippen molar-refractivity contribution in [3.05, 3.63) is 82.3 Å². The fourth-order valence-corrected chi connectivity index (χ4v) is 7.38. The average molecular weight is 679 g/mol. The van der Waals surface area contributed by atoms with Crippen LogP contribution in [0.4, 0.5) is 5.69 Å². The van der Waals surface area contributed by atoms with Gasteiger partial charge in [-0.25, -0.2) is 8.42 Å². The molecule has 236 valence electrons. The van der Waals surface area contributed by atoms with Crippen LogP contribution in [-0.4, -0.2) is 56.6 Å². The Balaban J connectivity index is 1.71. The molecule has 0 bridgehead atoms. The number of hydrogen-bond donors (Lipinski definition) is 1. The predicted octanol–water partition coefficient (Wildman–Crippen LogP) is 6.79. The maximum atomic E-state index is 14.2. The highest BCUT2D eigenvalue weighted by Gasteiger charge is 2.33. The molecule has 0 radical (unpaired) electrons. The van der Waals surface area contributed by atoms with Crippen LogP contribution in [0.1, 0.15) is 45.1 Å². The minimum atomic E-state index is -4.19. The Labute approximate surface area is 274 Å². The molecule has 0 aliphatic heterocycles. The van der Waals surface area contributed by atoms with Gasteiger partial charge in [-0.05, 0) is 99.2 Å². The molecule has 1 N–H and O–H groups in total. The van der Waals surface area contributed by atoms with E-state index in [9.17, 15) is 18.0 Å². The van der Waals surface area contributed by atoms with Crippen molar-refractivity contribution < 1.29 is 22.7 Å². The topological polar surface area (TPSA) is 96.0 Å². The number of nitrogens with one attached hydrogen (secondary N) is 1. The molecular weight excluding hydrogens is 641 g/mol. The first-order valence-electron chi connectivity index (χ1n) is 14.5. The van der Waals surface area contributed by atoms with E-state index < -0.39 is 28.5 Å². The highest BCUT2D eigenvalue weighted by Crippen LogP contribution is 2.29. The summed E-state index contributed by atoms with van der Waals surface area (Å²) in [6.07, 6.45) is 5.74. The van der Waals surface area contributed by atoms with Gasteiger partial charge in [-0.2, -0.15) is 0 Å². The molecule has 2 amide bonds.